The summed E-state index contributed by atoms with van der Waals surface area (Å²) in [5.41, 5.74) is 5.46. The van der Waals surface area contributed by atoms with Gasteiger partial charge < -0.3 is 5.32 Å². The van der Waals surface area contributed by atoms with Crippen LogP contribution in [0.1, 0.15) is 21.6 Å². The Labute approximate surface area is 184 Å². The number of thiazole rings is 1. The van der Waals surface area contributed by atoms with Gasteiger partial charge in [0.15, 0.2) is 0 Å². The highest BCUT2D eigenvalue weighted by Gasteiger charge is 2.09. The third-order valence-electron chi connectivity index (χ3n) is 4.98. The summed E-state index contributed by atoms with van der Waals surface area (Å²) in [7, 11) is 0. The van der Waals surface area contributed by atoms with Crippen molar-refractivity contribution in [1.29, 1.82) is 0 Å². The molecule has 0 radical (unpaired) electrons. The summed E-state index contributed by atoms with van der Waals surface area (Å²) < 4.78 is 1.17. The number of amides is 1. The van der Waals surface area contributed by atoms with Gasteiger partial charge >= 0.3 is 0 Å². The molecule has 31 heavy (non-hydrogen) atoms. The minimum absolute atomic E-state index is 0.129. The van der Waals surface area contributed by atoms with E-state index in [0.29, 0.717) is 12.0 Å². The fraction of sp³-hybridized carbons (Fsp3) is 0.0385. The Morgan fingerprint density at radius 2 is 1.71 bits per heavy atom. The van der Waals surface area contributed by atoms with Crippen molar-refractivity contribution < 1.29 is 4.79 Å². The summed E-state index contributed by atoms with van der Waals surface area (Å²) in [6, 6.07) is 29.4. The van der Waals surface area contributed by atoms with Crippen LogP contribution >= 0.6 is 11.3 Å². The Balaban J connectivity index is 1.30. The summed E-state index contributed by atoms with van der Waals surface area (Å²) in [5, 5.41) is 3.96. The Hall–Kier alpha value is -3.83. The molecule has 0 unspecified atom stereocenters. The van der Waals surface area contributed by atoms with Crippen molar-refractivity contribution in [1.82, 2.24) is 9.97 Å². The second-order valence-corrected chi connectivity index (χ2v) is 8.25. The maximum absolute atomic E-state index is 12.8. The molecule has 0 saturated heterocycles. The van der Waals surface area contributed by atoms with E-state index in [1.54, 1.807) is 17.5 Å². The van der Waals surface area contributed by atoms with Crippen molar-refractivity contribution >= 4 is 33.1 Å². The number of aromatic nitrogens is 2. The fourth-order valence-electron chi connectivity index (χ4n) is 3.43. The molecule has 1 N–H and O–H groups in total. The minimum atomic E-state index is -0.129. The van der Waals surface area contributed by atoms with Crippen LogP contribution in [0.4, 0.5) is 5.69 Å². The van der Waals surface area contributed by atoms with Crippen LogP contribution in [-0.2, 0) is 6.42 Å². The molecule has 0 aliphatic carbocycles. The van der Waals surface area contributed by atoms with Crippen LogP contribution in [-0.4, -0.2) is 15.9 Å². The fourth-order valence-corrected chi connectivity index (χ4v) is 4.40. The molecule has 3 aromatic carbocycles. The lowest BCUT2D eigenvalue weighted by molar-refractivity contribution is 0.102. The van der Waals surface area contributed by atoms with E-state index in [9.17, 15) is 4.79 Å². The van der Waals surface area contributed by atoms with Crippen LogP contribution in [0.25, 0.3) is 20.8 Å². The van der Waals surface area contributed by atoms with E-state index in [1.165, 1.54) is 4.70 Å². The SMILES string of the molecule is O=C(Nc1ccc(-c2nc3ccccc3s2)cc1)c1cccc(Cc2ccccn2)c1. The van der Waals surface area contributed by atoms with Gasteiger partial charge in [0.05, 0.1) is 10.2 Å². The van der Waals surface area contributed by atoms with Gasteiger partial charge in [-0.05, 0) is 66.2 Å². The van der Waals surface area contributed by atoms with E-state index in [2.05, 4.69) is 16.4 Å². The predicted molar refractivity (Wildman–Crippen MR) is 126 cm³/mol. The Bertz CT molecular complexity index is 1310. The molecular weight excluding hydrogens is 402 g/mol. The molecule has 0 aliphatic rings. The first-order valence-corrected chi connectivity index (χ1v) is 10.8. The second kappa shape index (κ2) is 8.50. The van der Waals surface area contributed by atoms with Gasteiger partial charge in [0.25, 0.3) is 5.91 Å². The van der Waals surface area contributed by atoms with Crippen molar-refractivity contribution in [3.05, 3.63) is 114 Å². The zero-order valence-corrected chi connectivity index (χ0v) is 17.5. The minimum Gasteiger partial charge on any atom is -0.322 e. The van der Waals surface area contributed by atoms with Crippen LogP contribution in [0.5, 0.6) is 0 Å². The van der Waals surface area contributed by atoms with Gasteiger partial charge in [-0.3, -0.25) is 9.78 Å². The van der Waals surface area contributed by atoms with Gasteiger partial charge in [-0.15, -0.1) is 11.3 Å². The maximum Gasteiger partial charge on any atom is 0.255 e. The van der Waals surface area contributed by atoms with E-state index >= 15 is 0 Å². The first kappa shape index (κ1) is 19.2. The summed E-state index contributed by atoms with van der Waals surface area (Å²) in [6.45, 7) is 0. The summed E-state index contributed by atoms with van der Waals surface area (Å²) in [5.74, 6) is -0.129. The van der Waals surface area contributed by atoms with Gasteiger partial charge in [-0.1, -0.05) is 30.3 Å². The number of hydrogen-bond acceptors (Lipinski definition) is 4. The van der Waals surface area contributed by atoms with E-state index in [4.69, 9.17) is 4.98 Å². The molecule has 0 fully saturated rings. The third kappa shape index (κ3) is 4.37. The summed E-state index contributed by atoms with van der Waals surface area (Å²) >= 11 is 1.67. The summed E-state index contributed by atoms with van der Waals surface area (Å²) in [4.78, 5) is 21.8. The van der Waals surface area contributed by atoms with Crippen LogP contribution in [0.3, 0.4) is 0 Å². The van der Waals surface area contributed by atoms with Gasteiger partial charge in [0.2, 0.25) is 0 Å². The number of hydrogen-bond donors (Lipinski definition) is 1. The predicted octanol–water partition coefficient (Wildman–Crippen LogP) is 6.20. The Kier molecular flexibility index (Phi) is 5.25. The van der Waals surface area contributed by atoms with Crippen molar-refractivity contribution in [2.45, 2.75) is 6.42 Å². The monoisotopic (exact) mass is 421 g/mol. The standard InChI is InChI=1S/C26H19N3OS/c30-25(20-7-5-6-18(16-20)17-22-8-3-4-15-27-22)28-21-13-11-19(12-14-21)26-29-23-9-1-2-10-24(23)31-26/h1-16H,17H2,(H,28,30). The lowest BCUT2D eigenvalue weighted by Gasteiger charge is -2.08. The molecule has 1 amide bonds. The number of carbonyl (C=O) groups is 1. The Morgan fingerprint density at radius 3 is 2.52 bits per heavy atom. The number of carbonyl (C=O) groups excluding carboxylic acids is 1. The normalized spacial score (nSPS) is 10.8. The zero-order valence-electron chi connectivity index (χ0n) is 16.7. The average Bonchev–Trinajstić information content (AvgIpc) is 3.25. The molecule has 2 heterocycles. The van der Waals surface area contributed by atoms with Crippen LogP contribution in [0.2, 0.25) is 0 Å². The highest BCUT2D eigenvalue weighted by atomic mass is 32.1. The number of rotatable bonds is 5. The number of nitrogens with one attached hydrogen (secondary N) is 1. The molecule has 2 aromatic heterocycles. The molecule has 5 rings (SSSR count). The molecule has 0 atom stereocenters. The Morgan fingerprint density at radius 1 is 0.871 bits per heavy atom. The van der Waals surface area contributed by atoms with Crippen LogP contribution in [0.15, 0.2) is 97.2 Å². The molecule has 0 bridgehead atoms. The lowest BCUT2D eigenvalue weighted by Crippen LogP contribution is -2.12. The second-order valence-electron chi connectivity index (χ2n) is 7.22. The molecule has 0 spiro atoms. The molecule has 0 saturated carbocycles. The number of para-hydroxylation sites is 1. The molecule has 5 aromatic rings. The first-order valence-electron chi connectivity index (χ1n) is 10.0. The number of fused-ring (bicyclic) bond motifs is 1. The lowest BCUT2D eigenvalue weighted by atomic mass is 10.1. The molecule has 4 nitrogen and oxygen atoms in total. The zero-order chi connectivity index (χ0) is 21.0. The van der Waals surface area contributed by atoms with Gasteiger partial charge in [-0.25, -0.2) is 4.98 Å². The quantitative estimate of drug-likeness (QED) is 0.367. The average molecular weight is 422 g/mol. The van der Waals surface area contributed by atoms with E-state index in [0.717, 1.165) is 33.0 Å². The highest BCUT2D eigenvalue weighted by molar-refractivity contribution is 7.21. The highest BCUT2D eigenvalue weighted by Crippen LogP contribution is 2.30. The van der Waals surface area contributed by atoms with Crippen molar-refractivity contribution in [2.75, 3.05) is 5.32 Å². The smallest absolute Gasteiger partial charge is 0.255 e. The van der Waals surface area contributed by atoms with E-state index in [-0.39, 0.29) is 5.91 Å². The summed E-state index contributed by atoms with van der Waals surface area (Å²) in [6.07, 6.45) is 2.47. The molecule has 150 valence electrons. The number of nitrogens with zero attached hydrogens (tertiary/aromatic N) is 2. The van der Waals surface area contributed by atoms with E-state index < -0.39 is 0 Å². The largest absolute Gasteiger partial charge is 0.322 e. The number of anilines is 1. The van der Waals surface area contributed by atoms with Gasteiger partial charge in [0, 0.05) is 35.1 Å². The van der Waals surface area contributed by atoms with Crippen molar-refractivity contribution in [2.24, 2.45) is 0 Å². The molecular formula is C26H19N3OS. The van der Waals surface area contributed by atoms with Gasteiger partial charge in [0.1, 0.15) is 5.01 Å². The number of pyridine rings is 1. The molecule has 5 heteroatoms. The maximum atomic E-state index is 12.8. The van der Waals surface area contributed by atoms with Crippen LogP contribution < -0.4 is 5.32 Å². The van der Waals surface area contributed by atoms with Gasteiger partial charge in [-0.2, -0.15) is 0 Å². The van der Waals surface area contributed by atoms with Crippen molar-refractivity contribution in [3.63, 3.8) is 0 Å². The number of benzene rings is 3. The van der Waals surface area contributed by atoms with Crippen molar-refractivity contribution in [3.8, 4) is 10.6 Å². The first-order chi connectivity index (χ1) is 15.2. The van der Waals surface area contributed by atoms with E-state index in [1.807, 2.05) is 84.9 Å². The van der Waals surface area contributed by atoms with Crippen LogP contribution in [0, 0.1) is 0 Å². The third-order valence-corrected chi connectivity index (χ3v) is 6.07. The molecule has 0 aliphatic heterocycles. The topological polar surface area (TPSA) is 54.9 Å².